The molecule has 1 aromatic heterocycles. The summed E-state index contributed by atoms with van der Waals surface area (Å²) in [5, 5.41) is 0. The third kappa shape index (κ3) is 6.03. The molecule has 0 atom stereocenters. The molecule has 30 heavy (non-hydrogen) atoms. The van der Waals surface area contributed by atoms with Gasteiger partial charge in [0.05, 0.1) is 32.3 Å². The van der Waals surface area contributed by atoms with Gasteiger partial charge in [0.25, 0.3) is 0 Å². The van der Waals surface area contributed by atoms with Crippen LogP contribution in [0.15, 0.2) is 52.9 Å². The van der Waals surface area contributed by atoms with E-state index in [1.165, 1.54) is 18.9 Å². The molecule has 3 aromatic rings. The maximum Gasteiger partial charge on any atom is 0.315 e. The first-order valence-corrected chi connectivity index (χ1v) is 10.7. The van der Waals surface area contributed by atoms with Crippen molar-refractivity contribution in [3.05, 3.63) is 65.5 Å². The predicted octanol–water partition coefficient (Wildman–Crippen LogP) is 4.69. The first kappa shape index (κ1) is 21.8. The van der Waals surface area contributed by atoms with Crippen LogP contribution in [0.1, 0.15) is 17.0 Å². The molecule has 0 bridgehead atoms. The van der Waals surface area contributed by atoms with Gasteiger partial charge in [-0.1, -0.05) is 12.1 Å². The van der Waals surface area contributed by atoms with Crippen LogP contribution in [0.5, 0.6) is 11.5 Å². The lowest BCUT2D eigenvalue weighted by molar-refractivity contribution is -0.137. The van der Waals surface area contributed by atoms with Gasteiger partial charge in [0.15, 0.2) is 0 Å². The molecular weight excluding hydrogens is 402 g/mol. The van der Waals surface area contributed by atoms with Crippen molar-refractivity contribution in [2.75, 3.05) is 26.6 Å². The Morgan fingerprint density at radius 3 is 2.63 bits per heavy atom. The van der Waals surface area contributed by atoms with Gasteiger partial charge in [-0.05, 0) is 48.9 Å². The molecule has 6 nitrogen and oxygen atoms in total. The van der Waals surface area contributed by atoms with E-state index in [4.69, 9.17) is 13.9 Å². The van der Waals surface area contributed by atoms with Crippen LogP contribution >= 0.6 is 11.8 Å². The van der Waals surface area contributed by atoms with Gasteiger partial charge in [0, 0.05) is 17.7 Å². The molecular formula is C23H25NO5S. The summed E-state index contributed by atoms with van der Waals surface area (Å²) in [6.45, 7) is 2.41. The third-order valence-corrected chi connectivity index (χ3v) is 5.43. The molecule has 0 unspecified atom stereocenters. The lowest BCUT2D eigenvalue weighted by Gasteiger charge is -2.07. The van der Waals surface area contributed by atoms with Crippen molar-refractivity contribution in [1.82, 2.24) is 4.98 Å². The Hall–Kier alpha value is -2.93. The third-order valence-electron chi connectivity index (χ3n) is 4.45. The zero-order chi connectivity index (χ0) is 21.3. The number of oxazole rings is 1. The minimum absolute atomic E-state index is 0.218. The van der Waals surface area contributed by atoms with E-state index in [9.17, 15) is 4.79 Å². The van der Waals surface area contributed by atoms with E-state index in [1.54, 1.807) is 7.11 Å². The highest BCUT2D eigenvalue weighted by atomic mass is 32.2. The van der Waals surface area contributed by atoms with E-state index in [0.29, 0.717) is 24.7 Å². The number of aryl methyl sites for hydroxylation is 1. The topological polar surface area (TPSA) is 70.8 Å². The van der Waals surface area contributed by atoms with Gasteiger partial charge in [-0.25, -0.2) is 4.98 Å². The second-order valence-corrected chi connectivity index (χ2v) is 7.55. The number of methoxy groups -OCH3 is 2. The molecule has 0 N–H and O–H groups in total. The first-order chi connectivity index (χ1) is 14.6. The normalized spacial score (nSPS) is 10.6. The number of rotatable bonds is 10. The van der Waals surface area contributed by atoms with Gasteiger partial charge in [0.1, 0.15) is 17.3 Å². The van der Waals surface area contributed by atoms with Crippen LogP contribution in [0, 0.1) is 6.92 Å². The van der Waals surface area contributed by atoms with Gasteiger partial charge in [-0.2, -0.15) is 0 Å². The van der Waals surface area contributed by atoms with Crippen molar-refractivity contribution in [2.45, 2.75) is 19.1 Å². The number of benzene rings is 2. The quantitative estimate of drug-likeness (QED) is 0.435. The second-order valence-electron chi connectivity index (χ2n) is 6.57. The second kappa shape index (κ2) is 10.7. The van der Waals surface area contributed by atoms with Crippen LogP contribution in [0.4, 0.5) is 0 Å². The minimum atomic E-state index is -0.218. The van der Waals surface area contributed by atoms with E-state index >= 15 is 0 Å². The zero-order valence-electron chi connectivity index (χ0n) is 17.3. The summed E-state index contributed by atoms with van der Waals surface area (Å²) in [4.78, 5) is 15.8. The van der Waals surface area contributed by atoms with Crippen LogP contribution in [-0.4, -0.2) is 37.5 Å². The summed E-state index contributed by atoms with van der Waals surface area (Å²) in [5.41, 5.74) is 2.88. The summed E-state index contributed by atoms with van der Waals surface area (Å²) < 4.78 is 21.6. The molecule has 0 aliphatic heterocycles. The fourth-order valence-electron chi connectivity index (χ4n) is 2.82. The smallest absolute Gasteiger partial charge is 0.315 e. The number of carbonyl (C=O) groups is 1. The average Bonchev–Trinajstić information content (AvgIpc) is 3.14. The maximum atomic E-state index is 11.2. The number of hydrogen-bond acceptors (Lipinski definition) is 7. The highest BCUT2D eigenvalue weighted by Crippen LogP contribution is 2.24. The molecule has 1 heterocycles. The van der Waals surface area contributed by atoms with Crippen LogP contribution in [0.25, 0.3) is 11.5 Å². The summed E-state index contributed by atoms with van der Waals surface area (Å²) in [6.07, 6.45) is 0.646. The molecule has 0 saturated heterocycles. The molecule has 0 amide bonds. The van der Waals surface area contributed by atoms with Gasteiger partial charge in [0.2, 0.25) is 5.89 Å². The molecule has 0 saturated carbocycles. The molecule has 0 aliphatic rings. The van der Waals surface area contributed by atoms with Crippen molar-refractivity contribution in [2.24, 2.45) is 0 Å². The molecule has 2 aromatic carbocycles. The monoisotopic (exact) mass is 427 g/mol. The lowest BCUT2D eigenvalue weighted by Crippen LogP contribution is -2.04. The van der Waals surface area contributed by atoms with E-state index < -0.39 is 0 Å². The van der Waals surface area contributed by atoms with Gasteiger partial charge < -0.3 is 18.6 Å². The van der Waals surface area contributed by atoms with Crippen molar-refractivity contribution < 1.29 is 23.4 Å². The summed E-state index contributed by atoms with van der Waals surface area (Å²) in [5.74, 6) is 3.81. The van der Waals surface area contributed by atoms with Crippen LogP contribution < -0.4 is 9.47 Å². The van der Waals surface area contributed by atoms with Crippen LogP contribution in [0.2, 0.25) is 0 Å². The number of aromatic nitrogens is 1. The number of carbonyl (C=O) groups excluding carboxylic acids is 1. The Morgan fingerprint density at radius 1 is 1.10 bits per heavy atom. The summed E-state index contributed by atoms with van der Waals surface area (Å²) in [7, 11) is 3.03. The Morgan fingerprint density at radius 2 is 1.90 bits per heavy atom. The number of ether oxygens (including phenoxy) is 3. The van der Waals surface area contributed by atoms with Crippen LogP contribution in [0.3, 0.4) is 0 Å². The summed E-state index contributed by atoms with van der Waals surface area (Å²) in [6, 6.07) is 15.5. The molecule has 0 radical (unpaired) electrons. The fourth-order valence-corrected chi connectivity index (χ4v) is 3.62. The SMILES string of the molecule is COC(=O)CSCc1cccc(OCCc2nc(-c3ccc(OC)cc3)oc2C)c1. The number of nitrogens with zero attached hydrogens (tertiary/aromatic N) is 1. The van der Waals surface area contributed by atoms with Crippen molar-refractivity contribution in [3.63, 3.8) is 0 Å². The minimum Gasteiger partial charge on any atom is -0.497 e. The number of hydrogen-bond donors (Lipinski definition) is 0. The highest BCUT2D eigenvalue weighted by molar-refractivity contribution is 7.99. The van der Waals surface area contributed by atoms with E-state index in [1.807, 2.05) is 55.5 Å². The molecule has 7 heteroatoms. The fraction of sp³-hybridized carbons (Fsp3) is 0.304. The molecule has 0 fully saturated rings. The van der Waals surface area contributed by atoms with E-state index in [-0.39, 0.29) is 5.97 Å². The Balaban J connectivity index is 1.53. The van der Waals surface area contributed by atoms with Gasteiger partial charge >= 0.3 is 5.97 Å². The Kier molecular flexibility index (Phi) is 7.79. The molecule has 158 valence electrons. The number of esters is 1. The Labute approximate surface area is 180 Å². The lowest BCUT2D eigenvalue weighted by atomic mass is 10.2. The van der Waals surface area contributed by atoms with E-state index in [0.717, 1.165) is 39.8 Å². The number of thioether (sulfide) groups is 1. The van der Waals surface area contributed by atoms with Crippen molar-refractivity contribution in [1.29, 1.82) is 0 Å². The Bertz CT molecular complexity index is 968. The van der Waals surface area contributed by atoms with Crippen molar-refractivity contribution >= 4 is 17.7 Å². The average molecular weight is 428 g/mol. The van der Waals surface area contributed by atoms with Crippen molar-refractivity contribution in [3.8, 4) is 23.0 Å². The van der Waals surface area contributed by atoms with Crippen LogP contribution in [-0.2, 0) is 21.7 Å². The molecule has 0 aliphatic carbocycles. The summed E-state index contributed by atoms with van der Waals surface area (Å²) >= 11 is 1.51. The maximum absolute atomic E-state index is 11.2. The van der Waals surface area contributed by atoms with E-state index in [2.05, 4.69) is 9.72 Å². The largest absolute Gasteiger partial charge is 0.497 e. The molecule has 0 spiro atoms. The molecule has 3 rings (SSSR count). The van der Waals surface area contributed by atoms with Gasteiger partial charge in [-0.15, -0.1) is 11.8 Å². The first-order valence-electron chi connectivity index (χ1n) is 9.56. The highest BCUT2D eigenvalue weighted by Gasteiger charge is 2.12. The predicted molar refractivity (Wildman–Crippen MR) is 117 cm³/mol. The standard InChI is InChI=1S/C23H25NO5S/c1-16-21(24-23(29-16)18-7-9-19(26-2)10-8-18)11-12-28-20-6-4-5-17(13-20)14-30-15-22(25)27-3/h4-10,13H,11-12,14-15H2,1-3H3. The zero-order valence-corrected chi connectivity index (χ0v) is 18.2. The van der Waals surface area contributed by atoms with Gasteiger partial charge in [-0.3, -0.25) is 4.79 Å².